The van der Waals surface area contributed by atoms with E-state index in [9.17, 15) is 8.42 Å². The van der Waals surface area contributed by atoms with Crippen molar-refractivity contribution in [2.75, 3.05) is 6.61 Å². The molecule has 1 aromatic carbocycles. The van der Waals surface area contributed by atoms with E-state index >= 15 is 0 Å². The van der Waals surface area contributed by atoms with Crippen LogP contribution >= 0.6 is 26.6 Å². The van der Waals surface area contributed by atoms with Gasteiger partial charge in [0.15, 0.2) is 0 Å². The van der Waals surface area contributed by atoms with Gasteiger partial charge < -0.3 is 4.74 Å². The van der Waals surface area contributed by atoms with Gasteiger partial charge in [-0.3, -0.25) is 0 Å². The van der Waals surface area contributed by atoms with Crippen molar-refractivity contribution in [2.24, 2.45) is 5.92 Å². The molecule has 0 saturated carbocycles. The maximum atomic E-state index is 11.1. The van der Waals surface area contributed by atoms with Gasteiger partial charge >= 0.3 is 0 Å². The van der Waals surface area contributed by atoms with Gasteiger partial charge in [0.25, 0.3) is 9.05 Å². The smallest absolute Gasteiger partial charge is 0.261 e. The zero-order valence-electron chi connectivity index (χ0n) is 8.91. The van der Waals surface area contributed by atoms with Crippen LogP contribution in [-0.4, -0.2) is 15.0 Å². The van der Waals surface area contributed by atoms with Gasteiger partial charge in [0, 0.05) is 10.7 Å². The minimum Gasteiger partial charge on any atom is -0.492 e. The van der Waals surface area contributed by atoms with Crippen LogP contribution in [0.15, 0.2) is 27.6 Å². The van der Waals surface area contributed by atoms with E-state index in [0.29, 0.717) is 22.7 Å². The third kappa shape index (κ3) is 3.96. The monoisotopic (exact) mass is 326 g/mol. The second-order valence-corrected chi connectivity index (χ2v) is 7.16. The van der Waals surface area contributed by atoms with E-state index in [-0.39, 0.29) is 4.90 Å². The molecule has 0 N–H and O–H groups in total. The first-order valence-corrected chi connectivity index (χ1v) is 7.78. The van der Waals surface area contributed by atoms with Crippen LogP contribution in [0, 0.1) is 5.92 Å². The Kier molecular flexibility index (Phi) is 4.64. The Bertz CT molecular complexity index is 471. The molecule has 3 nitrogen and oxygen atoms in total. The molecule has 16 heavy (non-hydrogen) atoms. The van der Waals surface area contributed by atoms with Crippen LogP contribution in [0.1, 0.15) is 13.8 Å². The Morgan fingerprint density at radius 1 is 1.44 bits per heavy atom. The molecule has 0 aliphatic carbocycles. The summed E-state index contributed by atoms with van der Waals surface area (Å²) in [6, 6.07) is 4.43. The summed E-state index contributed by atoms with van der Waals surface area (Å²) in [5.74, 6) is 1.01. The summed E-state index contributed by atoms with van der Waals surface area (Å²) in [5, 5.41) is 0. The van der Waals surface area contributed by atoms with E-state index in [1.54, 1.807) is 6.07 Å². The number of halogens is 2. The molecule has 0 radical (unpaired) electrons. The second-order valence-electron chi connectivity index (χ2n) is 3.73. The number of ether oxygens (including phenoxy) is 1. The molecule has 0 aliphatic rings. The van der Waals surface area contributed by atoms with E-state index in [1.807, 2.05) is 13.8 Å². The van der Waals surface area contributed by atoms with Gasteiger partial charge in [0.05, 0.1) is 16.0 Å². The summed E-state index contributed by atoms with van der Waals surface area (Å²) in [6.07, 6.45) is 0. The van der Waals surface area contributed by atoms with E-state index in [0.717, 1.165) is 0 Å². The van der Waals surface area contributed by atoms with Crippen molar-refractivity contribution in [2.45, 2.75) is 18.7 Å². The Morgan fingerprint density at radius 3 is 2.50 bits per heavy atom. The highest BCUT2D eigenvalue weighted by atomic mass is 79.9. The number of hydrogen-bond donors (Lipinski definition) is 0. The molecular weight excluding hydrogens is 316 g/mol. The van der Waals surface area contributed by atoms with Gasteiger partial charge in [-0.25, -0.2) is 8.42 Å². The van der Waals surface area contributed by atoms with Gasteiger partial charge in [-0.2, -0.15) is 0 Å². The van der Waals surface area contributed by atoms with Crippen LogP contribution in [-0.2, 0) is 9.05 Å². The molecule has 0 atom stereocenters. The van der Waals surface area contributed by atoms with Gasteiger partial charge in [-0.15, -0.1) is 0 Å². The summed E-state index contributed by atoms with van der Waals surface area (Å²) >= 11 is 3.24. The maximum Gasteiger partial charge on any atom is 0.261 e. The zero-order valence-corrected chi connectivity index (χ0v) is 12.1. The van der Waals surface area contributed by atoms with Crippen molar-refractivity contribution in [1.82, 2.24) is 0 Å². The van der Waals surface area contributed by atoms with Crippen LogP contribution in [0.2, 0.25) is 0 Å². The molecule has 1 aromatic rings. The topological polar surface area (TPSA) is 43.4 Å². The molecule has 0 fully saturated rings. The zero-order chi connectivity index (χ0) is 12.3. The lowest BCUT2D eigenvalue weighted by Crippen LogP contribution is -2.05. The van der Waals surface area contributed by atoms with Gasteiger partial charge in [0.1, 0.15) is 5.75 Å². The fourth-order valence-electron chi connectivity index (χ4n) is 1.01. The van der Waals surface area contributed by atoms with Gasteiger partial charge in [0.2, 0.25) is 0 Å². The Balaban J connectivity index is 2.92. The molecule has 90 valence electrons. The van der Waals surface area contributed by atoms with Gasteiger partial charge in [-0.1, -0.05) is 13.8 Å². The minimum atomic E-state index is -3.69. The Labute approximate surface area is 108 Å². The Hall–Kier alpha value is -0.260. The molecule has 1 rings (SSSR count). The van der Waals surface area contributed by atoms with Crippen molar-refractivity contribution >= 4 is 35.7 Å². The van der Waals surface area contributed by atoms with Crippen LogP contribution in [0.25, 0.3) is 0 Å². The average Bonchev–Trinajstić information content (AvgIpc) is 2.14. The van der Waals surface area contributed by atoms with E-state index < -0.39 is 9.05 Å². The number of benzene rings is 1. The molecule has 0 unspecified atom stereocenters. The largest absolute Gasteiger partial charge is 0.492 e. The third-order valence-electron chi connectivity index (χ3n) is 1.76. The Morgan fingerprint density at radius 2 is 2.06 bits per heavy atom. The van der Waals surface area contributed by atoms with E-state index in [2.05, 4.69) is 15.9 Å². The lowest BCUT2D eigenvalue weighted by molar-refractivity contribution is 0.269. The van der Waals surface area contributed by atoms with Crippen LogP contribution in [0.3, 0.4) is 0 Å². The van der Waals surface area contributed by atoms with Crippen LogP contribution < -0.4 is 4.74 Å². The number of hydrogen-bond acceptors (Lipinski definition) is 3. The molecule has 0 bridgehead atoms. The normalized spacial score (nSPS) is 11.8. The highest BCUT2D eigenvalue weighted by molar-refractivity contribution is 9.10. The highest BCUT2D eigenvalue weighted by Crippen LogP contribution is 2.29. The molecule has 0 heterocycles. The first kappa shape index (κ1) is 13.8. The second kappa shape index (κ2) is 5.38. The molecule has 0 spiro atoms. The third-order valence-corrected chi connectivity index (χ3v) is 3.73. The number of rotatable bonds is 4. The lowest BCUT2D eigenvalue weighted by Gasteiger charge is -2.10. The van der Waals surface area contributed by atoms with E-state index in [4.69, 9.17) is 15.4 Å². The summed E-state index contributed by atoms with van der Waals surface area (Å²) in [4.78, 5) is 0.0536. The SMILES string of the molecule is CC(C)COc1ccc(S(=O)(=O)Cl)cc1Br. The molecule has 0 aromatic heterocycles. The van der Waals surface area contributed by atoms with Crippen molar-refractivity contribution < 1.29 is 13.2 Å². The van der Waals surface area contributed by atoms with Crippen molar-refractivity contribution in [3.63, 3.8) is 0 Å². The maximum absolute atomic E-state index is 11.1. The standard InChI is InChI=1S/C10H12BrClO3S/c1-7(2)6-15-10-4-3-8(5-9(10)11)16(12,13)14/h3-5,7H,6H2,1-2H3. The lowest BCUT2D eigenvalue weighted by atomic mass is 10.2. The highest BCUT2D eigenvalue weighted by Gasteiger charge is 2.12. The van der Waals surface area contributed by atoms with Crippen molar-refractivity contribution in [1.29, 1.82) is 0 Å². The van der Waals surface area contributed by atoms with Crippen LogP contribution in [0.5, 0.6) is 5.75 Å². The minimum absolute atomic E-state index is 0.0536. The molecular formula is C10H12BrClO3S. The van der Waals surface area contributed by atoms with E-state index in [1.165, 1.54) is 12.1 Å². The summed E-state index contributed by atoms with van der Waals surface area (Å²) in [6.45, 7) is 4.64. The first-order chi connectivity index (χ1) is 7.30. The quantitative estimate of drug-likeness (QED) is 0.796. The molecule has 0 aliphatic heterocycles. The summed E-state index contributed by atoms with van der Waals surface area (Å²) in [5.41, 5.74) is 0. The molecule has 6 heteroatoms. The van der Waals surface area contributed by atoms with Crippen molar-refractivity contribution in [3.05, 3.63) is 22.7 Å². The van der Waals surface area contributed by atoms with Crippen molar-refractivity contribution in [3.8, 4) is 5.75 Å². The van der Waals surface area contributed by atoms with Crippen LogP contribution in [0.4, 0.5) is 0 Å². The predicted octanol–water partition coefficient (Wildman–Crippen LogP) is 3.41. The summed E-state index contributed by atoms with van der Waals surface area (Å²) < 4.78 is 28.2. The molecule has 0 saturated heterocycles. The fraction of sp³-hybridized carbons (Fsp3) is 0.400. The molecule has 0 amide bonds. The summed E-state index contributed by atoms with van der Waals surface area (Å²) in [7, 11) is 1.53. The fourth-order valence-corrected chi connectivity index (χ4v) is 2.43. The van der Waals surface area contributed by atoms with Gasteiger partial charge in [-0.05, 0) is 40.0 Å². The first-order valence-electron chi connectivity index (χ1n) is 4.67. The predicted molar refractivity (Wildman–Crippen MR) is 67.5 cm³/mol. The average molecular weight is 328 g/mol.